The predicted octanol–water partition coefficient (Wildman–Crippen LogP) is 1.44. The normalized spacial score (nSPS) is 10.4. The van der Waals surface area contributed by atoms with Gasteiger partial charge < -0.3 is 5.73 Å². The Bertz CT molecular complexity index is 550. The zero-order chi connectivity index (χ0) is 11.7. The van der Waals surface area contributed by atoms with E-state index in [-0.39, 0.29) is 0 Å². The molecule has 0 bridgehead atoms. The van der Waals surface area contributed by atoms with E-state index >= 15 is 0 Å². The van der Waals surface area contributed by atoms with Crippen molar-refractivity contribution in [2.24, 2.45) is 5.73 Å². The summed E-state index contributed by atoms with van der Waals surface area (Å²) in [7, 11) is 0. The fourth-order valence-corrected chi connectivity index (χ4v) is 1.45. The lowest BCUT2D eigenvalue weighted by Gasteiger charge is -2.02. The van der Waals surface area contributed by atoms with Gasteiger partial charge in [0.25, 0.3) is 5.91 Å². The van der Waals surface area contributed by atoms with E-state index in [1.807, 2.05) is 13.0 Å². The summed E-state index contributed by atoms with van der Waals surface area (Å²) in [6, 6.07) is 3.68. The van der Waals surface area contributed by atoms with Crippen LogP contribution in [0.15, 0.2) is 29.0 Å². The van der Waals surface area contributed by atoms with Crippen LogP contribution in [0.1, 0.15) is 16.1 Å². The quantitative estimate of drug-likeness (QED) is 0.905. The summed E-state index contributed by atoms with van der Waals surface area (Å²) in [5.41, 5.74) is 6.36. The van der Waals surface area contributed by atoms with Crippen LogP contribution >= 0.6 is 15.9 Å². The molecule has 2 aromatic rings. The maximum Gasteiger partial charge on any atom is 0.251 e. The van der Waals surface area contributed by atoms with Crippen molar-refractivity contribution >= 4 is 21.8 Å². The van der Waals surface area contributed by atoms with Gasteiger partial charge in [0, 0.05) is 10.7 Å². The molecular weight excluding hydrogens is 272 g/mol. The van der Waals surface area contributed by atoms with Crippen molar-refractivity contribution in [2.75, 3.05) is 0 Å². The summed E-state index contributed by atoms with van der Waals surface area (Å²) in [6.45, 7) is 1.88. The lowest BCUT2D eigenvalue weighted by Crippen LogP contribution is -2.09. The smallest absolute Gasteiger partial charge is 0.251 e. The molecule has 2 N–H and O–H groups in total. The van der Waals surface area contributed by atoms with Gasteiger partial charge in [-0.25, -0.2) is 9.67 Å². The second kappa shape index (κ2) is 4.05. The van der Waals surface area contributed by atoms with Gasteiger partial charge in [-0.1, -0.05) is 0 Å². The number of aromatic nitrogens is 3. The maximum atomic E-state index is 10.9. The van der Waals surface area contributed by atoms with Gasteiger partial charge in [-0.3, -0.25) is 4.79 Å². The van der Waals surface area contributed by atoms with Gasteiger partial charge in [0.15, 0.2) is 5.82 Å². The van der Waals surface area contributed by atoms with E-state index in [9.17, 15) is 4.79 Å². The van der Waals surface area contributed by atoms with Crippen LogP contribution in [0.4, 0.5) is 0 Å². The monoisotopic (exact) mass is 280 g/mol. The van der Waals surface area contributed by atoms with E-state index in [4.69, 9.17) is 5.73 Å². The van der Waals surface area contributed by atoms with Crippen molar-refractivity contribution in [3.8, 4) is 5.82 Å². The lowest BCUT2D eigenvalue weighted by atomic mass is 10.3. The molecule has 16 heavy (non-hydrogen) atoms. The molecule has 0 aromatic carbocycles. The van der Waals surface area contributed by atoms with E-state index in [0.717, 1.165) is 10.2 Å². The first-order valence-corrected chi connectivity index (χ1v) is 5.35. The van der Waals surface area contributed by atoms with E-state index in [2.05, 4.69) is 26.0 Å². The number of carbonyl (C=O) groups is 1. The molecule has 0 saturated carbocycles. The molecule has 0 unspecified atom stereocenters. The van der Waals surface area contributed by atoms with Crippen molar-refractivity contribution in [1.82, 2.24) is 14.8 Å². The van der Waals surface area contributed by atoms with Crippen molar-refractivity contribution < 1.29 is 4.79 Å². The average Bonchev–Trinajstić information content (AvgIpc) is 2.71. The van der Waals surface area contributed by atoms with Crippen molar-refractivity contribution in [3.05, 3.63) is 40.3 Å². The molecule has 0 spiro atoms. The highest BCUT2D eigenvalue weighted by atomic mass is 79.9. The Balaban J connectivity index is 2.42. The Kier molecular flexibility index (Phi) is 2.74. The van der Waals surface area contributed by atoms with Gasteiger partial charge in [0.2, 0.25) is 0 Å². The van der Waals surface area contributed by atoms with Crippen molar-refractivity contribution in [1.29, 1.82) is 0 Å². The first-order valence-electron chi connectivity index (χ1n) is 4.56. The van der Waals surface area contributed by atoms with Crippen molar-refractivity contribution in [2.45, 2.75) is 6.92 Å². The van der Waals surface area contributed by atoms with E-state index in [1.54, 1.807) is 12.3 Å². The second-order valence-corrected chi connectivity index (χ2v) is 4.13. The van der Waals surface area contributed by atoms with Gasteiger partial charge in [-0.2, -0.15) is 5.10 Å². The molecular formula is C10H9BrN4O. The minimum absolute atomic E-state index is 0.363. The molecule has 2 heterocycles. The number of halogens is 1. The summed E-state index contributed by atoms with van der Waals surface area (Å²) < 4.78 is 2.44. The minimum Gasteiger partial charge on any atom is -0.366 e. The lowest BCUT2D eigenvalue weighted by molar-refractivity contribution is 0.100. The van der Waals surface area contributed by atoms with E-state index < -0.39 is 5.91 Å². The maximum absolute atomic E-state index is 10.9. The third-order valence-corrected chi connectivity index (χ3v) is 2.95. The fraction of sp³-hybridized carbons (Fsp3) is 0.100. The number of rotatable bonds is 2. The Hall–Kier alpha value is -1.69. The third kappa shape index (κ3) is 1.96. The first-order chi connectivity index (χ1) is 7.58. The highest BCUT2D eigenvalue weighted by Gasteiger charge is 2.07. The fourth-order valence-electron chi connectivity index (χ4n) is 1.23. The molecule has 82 valence electrons. The molecule has 1 amide bonds. The van der Waals surface area contributed by atoms with Crippen LogP contribution in [0.2, 0.25) is 0 Å². The van der Waals surface area contributed by atoms with Crippen LogP contribution in [0.5, 0.6) is 0 Å². The van der Waals surface area contributed by atoms with E-state index in [1.165, 1.54) is 10.9 Å². The highest BCUT2D eigenvalue weighted by molar-refractivity contribution is 9.10. The minimum atomic E-state index is -0.500. The zero-order valence-electron chi connectivity index (χ0n) is 8.51. The van der Waals surface area contributed by atoms with Gasteiger partial charge >= 0.3 is 0 Å². The molecule has 0 atom stereocenters. The Morgan fingerprint density at radius 1 is 1.50 bits per heavy atom. The molecule has 0 fully saturated rings. The molecule has 0 aliphatic carbocycles. The summed E-state index contributed by atoms with van der Waals surface area (Å²) in [4.78, 5) is 15.2. The number of amides is 1. The average molecular weight is 281 g/mol. The number of primary amides is 1. The standard InChI is InChI=1S/C10H9BrN4O/c1-6-8(11)2-3-9(14-6)15-5-7(4-13-15)10(12)16/h2-5H,1H3,(H2,12,16). The second-order valence-electron chi connectivity index (χ2n) is 3.27. The summed E-state index contributed by atoms with van der Waals surface area (Å²) in [6.07, 6.45) is 2.97. The highest BCUT2D eigenvalue weighted by Crippen LogP contribution is 2.15. The SMILES string of the molecule is Cc1nc(-n2cc(C(N)=O)cn2)ccc1Br. The van der Waals surface area contributed by atoms with Crippen LogP contribution in [0.3, 0.4) is 0 Å². The first kappa shape index (κ1) is 10.8. The predicted molar refractivity (Wildman–Crippen MR) is 62.3 cm³/mol. The molecule has 2 rings (SSSR count). The number of aryl methyl sites for hydroxylation is 1. The topological polar surface area (TPSA) is 73.8 Å². The van der Waals surface area contributed by atoms with Gasteiger partial charge in [-0.15, -0.1) is 0 Å². The number of hydrogen-bond donors (Lipinski definition) is 1. The zero-order valence-corrected chi connectivity index (χ0v) is 10.1. The molecule has 0 saturated heterocycles. The Morgan fingerprint density at radius 2 is 2.25 bits per heavy atom. The van der Waals surface area contributed by atoms with Gasteiger partial charge in [0.1, 0.15) is 0 Å². The largest absolute Gasteiger partial charge is 0.366 e. The van der Waals surface area contributed by atoms with Gasteiger partial charge in [-0.05, 0) is 35.0 Å². The van der Waals surface area contributed by atoms with Crippen molar-refractivity contribution in [3.63, 3.8) is 0 Å². The van der Waals surface area contributed by atoms with Crippen LogP contribution in [-0.2, 0) is 0 Å². The molecule has 2 aromatic heterocycles. The van der Waals surface area contributed by atoms with Gasteiger partial charge in [0.05, 0.1) is 17.5 Å². The van der Waals surface area contributed by atoms with Crippen LogP contribution < -0.4 is 5.73 Å². The molecule has 0 aliphatic rings. The molecule has 6 heteroatoms. The third-order valence-electron chi connectivity index (χ3n) is 2.11. The summed E-state index contributed by atoms with van der Waals surface area (Å²) in [5.74, 6) is 0.147. The van der Waals surface area contributed by atoms with E-state index in [0.29, 0.717) is 11.4 Å². The number of hydrogen-bond acceptors (Lipinski definition) is 3. The molecule has 5 nitrogen and oxygen atoms in total. The Morgan fingerprint density at radius 3 is 2.81 bits per heavy atom. The molecule has 0 radical (unpaired) electrons. The van der Waals surface area contributed by atoms with Crippen LogP contribution in [0, 0.1) is 6.92 Å². The summed E-state index contributed by atoms with van der Waals surface area (Å²) >= 11 is 3.36. The number of nitrogens with zero attached hydrogens (tertiary/aromatic N) is 3. The Labute approximate surface area is 100 Å². The number of pyridine rings is 1. The molecule has 0 aliphatic heterocycles. The number of carbonyl (C=O) groups excluding carboxylic acids is 1. The van der Waals surface area contributed by atoms with Crippen LogP contribution in [-0.4, -0.2) is 20.7 Å². The number of nitrogens with two attached hydrogens (primary N) is 1. The van der Waals surface area contributed by atoms with Crippen LogP contribution in [0.25, 0.3) is 5.82 Å². The summed E-state index contributed by atoms with van der Waals surface area (Å²) in [5, 5.41) is 4.02.